The van der Waals surface area contributed by atoms with Crippen LogP contribution >= 0.6 is 24.8 Å². The number of nitrogens with two attached hydrogens (primary N) is 1. The number of nitrogens with zero attached hydrogens (tertiary/aromatic N) is 3. The van der Waals surface area contributed by atoms with E-state index >= 15 is 0 Å². The third kappa shape index (κ3) is 21.8. The fourth-order valence-electron chi connectivity index (χ4n) is 11.0. The highest BCUT2D eigenvalue weighted by Gasteiger charge is 2.27. The molecule has 0 aliphatic carbocycles. The molecule has 11 heteroatoms. The number of carboxylic acids is 1. The molecule has 0 bridgehead atoms. The number of aliphatic carboxylic acids is 1. The van der Waals surface area contributed by atoms with Gasteiger partial charge in [0.2, 0.25) is 5.91 Å². The topological polar surface area (TPSA) is 114 Å². The van der Waals surface area contributed by atoms with Crippen LogP contribution in [0.2, 0.25) is 0 Å². The molecule has 3 fully saturated rings. The fourth-order valence-corrected chi connectivity index (χ4v) is 11.0. The van der Waals surface area contributed by atoms with Crippen molar-refractivity contribution in [1.29, 1.82) is 0 Å². The Labute approximate surface area is 475 Å². The monoisotopic (exact) mass is 1080 g/mol. The lowest BCUT2D eigenvalue weighted by molar-refractivity contribution is -0.143. The SMILES string of the molecule is CN1CCCCC1C(=O)NCCC(c1ccccc1)c1ccccc1.CN1CCCCC1C(=O)O.CN1CCCCC1CNCCC(c1ccccc1)c1ccccc1.Cl.Cl.NCCC(c1ccccc1)c1ccccc1. The van der Waals surface area contributed by atoms with Gasteiger partial charge in [0.25, 0.3) is 0 Å². The van der Waals surface area contributed by atoms with Crippen LogP contribution in [0.1, 0.15) is 128 Å². The van der Waals surface area contributed by atoms with E-state index in [0.29, 0.717) is 36.9 Å². The standard InChI is InChI=1S/C22H28N2O.C22H30N2.C15H17N.C7H13NO2.2ClH/c1-24-17-9-8-14-21(24)22(25)23-16-15-20(18-10-4-2-5-11-18)19-12-6-3-7-13-19;1-24-17-9-8-14-21(24)18-23-16-15-22(19-10-4-2-5-11-19)20-12-6-3-7-13-20;16-12-11-15(13-7-3-1-4-8-13)14-9-5-2-6-10-14;1-8-5-3-2-4-6(8)7(9)10;;/h2-7,10-13,20-21H,8-9,14-17H2,1H3,(H,23,25);2-7,10-13,21-23H,8-9,14-18H2,1H3;1-10,15H,11-12,16H2;6H,2-5H2,1H3,(H,9,10);2*1H. The van der Waals surface area contributed by atoms with Gasteiger partial charge < -0.3 is 26.4 Å². The normalized spacial score (nSPS) is 17.7. The van der Waals surface area contributed by atoms with Crippen molar-refractivity contribution in [2.45, 2.75) is 113 Å². The largest absolute Gasteiger partial charge is 0.480 e. The molecule has 3 saturated heterocycles. The Hall–Kier alpha value is -5.36. The number of piperidine rings is 3. The average Bonchev–Trinajstić information content (AvgIpc) is 3.46. The zero-order valence-corrected chi connectivity index (χ0v) is 47.9. The molecule has 0 aromatic heterocycles. The number of nitrogens with one attached hydrogen (secondary N) is 2. The summed E-state index contributed by atoms with van der Waals surface area (Å²) in [6.45, 7) is 6.81. The molecule has 5 N–H and O–H groups in total. The van der Waals surface area contributed by atoms with Crippen LogP contribution in [0.25, 0.3) is 0 Å². The van der Waals surface area contributed by atoms with Crippen molar-refractivity contribution >= 4 is 36.7 Å². The van der Waals surface area contributed by atoms with Gasteiger partial charge in [-0.2, -0.15) is 0 Å². The summed E-state index contributed by atoms with van der Waals surface area (Å²) in [5, 5.41) is 15.6. The van der Waals surface area contributed by atoms with Crippen LogP contribution in [0.15, 0.2) is 182 Å². The molecule has 0 saturated carbocycles. The molecule has 3 aliphatic rings. The van der Waals surface area contributed by atoms with E-state index in [1.54, 1.807) is 0 Å². The van der Waals surface area contributed by atoms with E-state index in [9.17, 15) is 9.59 Å². The molecule has 6 aromatic carbocycles. The Kier molecular flexibility index (Phi) is 30.6. The molecule has 3 heterocycles. The Balaban J connectivity index is 0.000000230. The van der Waals surface area contributed by atoms with Gasteiger partial charge in [-0.05, 0) is 145 Å². The first kappa shape index (κ1) is 64.2. The predicted molar refractivity (Wildman–Crippen MR) is 326 cm³/mol. The highest BCUT2D eigenvalue weighted by molar-refractivity contribution is 5.85. The number of hydrogen-bond acceptors (Lipinski definition) is 7. The molecule has 9 rings (SSSR count). The maximum absolute atomic E-state index is 12.5. The van der Waals surface area contributed by atoms with E-state index in [0.717, 1.165) is 77.5 Å². The number of hydrogen-bond donors (Lipinski definition) is 4. The van der Waals surface area contributed by atoms with Gasteiger partial charge in [0.05, 0.1) is 6.04 Å². The van der Waals surface area contributed by atoms with E-state index in [-0.39, 0.29) is 42.8 Å². The average molecular weight is 1090 g/mol. The second-order valence-electron chi connectivity index (χ2n) is 20.7. The van der Waals surface area contributed by atoms with Crippen molar-refractivity contribution in [1.82, 2.24) is 25.3 Å². The summed E-state index contributed by atoms with van der Waals surface area (Å²) in [6.07, 6.45) is 13.5. The number of amides is 1. The minimum atomic E-state index is -0.679. The first-order valence-electron chi connectivity index (χ1n) is 28.0. The predicted octanol–water partition coefficient (Wildman–Crippen LogP) is 12.7. The van der Waals surface area contributed by atoms with E-state index in [1.807, 2.05) is 36.2 Å². The fraction of sp³-hybridized carbons (Fsp3) is 0.424. The Morgan fingerprint density at radius 1 is 0.468 bits per heavy atom. The van der Waals surface area contributed by atoms with Crippen molar-refractivity contribution in [3.8, 4) is 0 Å². The Bertz CT molecular complexity index is 2330. The van der Waals surface area contributed by atoms with Gasteiger partial charge in [0.15, 0.2) is 0 Å². The lowest BCUT2D eigenvalue weighted by Gasteiger charge is -2.32. The smallest absolute Gasteiger partial charge is 0.320 e. The van der Waals surface area contributed by atoms with E-state index in [4.69, 9.17) is 10.8 Å². The number of rotatable bonds is 18. The van der Waals surface area contributed by atoms with Crippen LogP contribution in [0.4, 0.5) is 0 Å². The van der Waals surface area contributed by atoms with Crippen molar-refractivity contribution in [2.24, 2.45) is 5.73 Å². The molecular weight excluding hydrogens is 996 g/mol. The molecule has 6 aromatic rings. The van der Waals surface area contributed by atoms with Crippen LogP contribution in [0.5, 0.6) is 0 Å². The number of benzene rings is 6. The summed E-state index contributed by atoms with van der Waals surface area (Å²) >= 11 is 0. The van der Waals surface area contributed by atoms with Gasteiger partial charge >= 0.3 is 5.97 Å². The van der Waals surface area contributed by atoms with Crippen LogP contribution in [0.3, 0.4) is 0 Å². The third-order valence-electron chi connectivity index (χ3n) is 15.4. The van der Waals surface area contributed by atoms with Gasteiger partial charge in [0, 0.05) is 36.9 Å². The van der Waals surface area contributed by atoms with Crippen LogP contribution in [0, 0.1) is 0 Å². The van der Waals surface area contributed by atoms with Crippen LogP contribution in [-0.2, 0) is 9.59 Å². The van der Waals surface area contributed by atoms with Crippen molar-refractivity contribution in [3.63, 3.8) is 0 Å². The van der Waals surface area contributed by atoms with Gasteiger partial charge in [-0.3, -0.25) is 19.4 Å². The second kappa shape index (κ2) is 36.7. The van der Waals surface area contributed by atoms with Gasteiger partial charge in [-0.1, -0.05) is 201 Å². The number of likely N-dealkylation sites (N-methyl/N-ethyl adjacent to an activating group) is 3. The minimum absolute atomic E-state index is 0. The number of carbonyl (C=O) groups excluding carboxylic acids is 1. The molecular formula is C66H90Cl2N6O3. The van der Waals surface area contributed by atoms with Crippen molar-refractivity contribution in [2.75, 3.05) is 67.0 Å². The van der Waals surface area contributed by atoms with E-state index in [1.165, 1.54) is 65.6 Å². The van der Waals surface area contributed by atoms with Crippen LogP contribution in [-0.4, -0.2) is 117 Å². The van der Waals surface area contributed by atoms with Crippen molar-refractivity contribution < 1.29 is 14.7 Å². The van der Waals surface area contributed by atoms with E-state index < -0.39 is 5.97 Å². The number of halogens is 2. The van der Waals surface area contributed by atoms with Crippen LogP contribution < -0.4 is 16.4 Å². The minimum Gasteiger partial charge on any atom is -0.480 e. The Morgan fingerprint density at radius 3 is 1.12 bits per heavy atom. The summed E-state index contributed by atoms with van der Waals surface area (Å²) in [4.78, 5) is 29.6. The lowest BCUT2D eigenvalue weighted by atomic mass is 9.88. The lowest BCUT2D eigenvalue weighted by Crippen LogP contribution is -2.47. The molecule has 3 aliphatic heterocycles. The summed E-state index contributed by atoms with van der Waals surface area (Å²) < 4.78 is 0. The highest BCUT2D eigenvalue weighted by Crippen LogP contribution is 2.30. The number of carboxylic acid groups (broad SMARTS) is 1. The molecule has 77 heavy (non-hydrogen) atoms. The van der Waals surface area contributed by atoms with Gasteiger partial charge in [-0.15, -0.1) is 24.8 Å². The second-order valence-corrected chi connectivity index (χ2v) is 20.7. The zero-order valence-electron chi connectivity index (χ0n) is 46.2. The molecule has 1 amide bonds. The summed E-state index contributed by atoms with van der Waals surface area (Å²) in [5.74, 6) is 0.715. The summed E-state index contributed by atoms with van der Waals surface area (Å²) in [6, 6.07) is 64.6. The zero-order chi connectivity index (χ0) is 52.9. The molecule has 3 atom stereocenters. The first-order valence-corrected chi connectivity index (χ1v) is 28.0. The maximum atomic E-state index is 12.5. The van der Waals surface area contributed by atoms with Gasteiger partial charge in [0.1, 0.15) is 6.04 Å². The molecule has 3 unspecified atom stereocenters. The number of carbonyl (C=O) groups is 2. The highest BCUT2D eigenvalue weighted by atomic mass is 35.5. The molecule has 0 radical (unpaired) electrons. The molecule has 0 spiro atoms. The molecule has 416 valence electrons. The number of likely N-dealkylation sites (tertiary alicyclic amines) is 3. The van der Waals surface area contributed by atoms with E-state index in [2.05, 4.69) is 192 Å². The van der Waals surface area contributed by atoms with Crippen molar-refractivity contribution in [3.05, 3.63) is 215 Å². The maximum Gasteiger partial charge on any atom is 0.320 e. The third-order valence-corrected chi connectivity index (χ3v) is 15.4. The summed E-state index contributed by atoms with van der Waals surface area (Å²) in [7, 11) is 6.19. The van der Waals surface area contributed by atoms with Gasteiger partial charge in [-0.25, -0.2) is 0 Å². The molecule has 9 nitrogen and oxygen atoms in total. The quantitative estimate of drug-likeness (QED) is 0.0630. The Morgan fingerprint density at radius 2 is 0.792 bits per heavy atom. The summed E-state index contributed by atoms with van der Waals surface area (Å²) in [5.41, 5.74) is 13.8. The first-order chi connectivity index (χ1) is 36.7.